The van der Waals surface area contributed by atoms with Crippen molar-refractivity contribution in [3.05, 3.63) is 89.0 Å². The lowest BCUT2D eigenvalue weighted by molar-refractivity contribution is 0.101. The van der Waals surface area contributed by atoms with E-state index in [2.05, 4.69) is 20.8 Å². The molecule has 1 amide bonds. The maximum Gasteiger partial charge on any atom is 0.261 e. The Bertz CT molecular complexity index is 1130. The van der Waals surface area contributed by atoms with Gasteiger partial charge in [-0.2, -0.15) is 5.11 Å². The zero-order chi connectivity index (χ0) is 20.4. The minimum atomic E-state index is -0.903. The fourth-order valence-electron chi connectivity index (χ4n) is 3.12. The summed E-state index contributed by atoms with van der Waals surface area (Å²) < 4.78 is 27.6. The van der Waals surface area contributed by atoms with Gasteiger partial charge in [0.25, 0.3) is 5.91 Å². The zero-order valence-corrected chi connectivity index (χ0v) is 15.5. The highest BCUT2D eigenvalue weighted by Crippen LogP contribution is 2.27. The van der Waals surface area contributed by atoms with Crippen molar-refractivity contribution in [2.75, 3.05) is 11.9 Å². The minimum Gasteiger partial charge on any atom is -0.322 e. The lowest BCUT2D eigenvalue weighted by Crippen LogP contribution is -2.15. The second-order valence-corrected chi connectivity index (χ2v) is 6.59. The van der Waals surface area contributed by atoms with Crippen molar-refractivity contribution in [2.45, 2.75) is 6.92 Å². The third kappa shape index (κ3) is 3.80. The van der Waals surface area contributed by atoms with E-state index in [1.165, 1.54) is 6.07 Å². The molecule has 1 aliphatic heterocycles. The van der Waals surface area contributed by atoms with Crippen LogP contribution in [0.15, 0.2) is 76.1 Å². The number of nitrogens with one attached hydrogen (secondary N) is 1. The number of benzene rings is 3. The molecule has 0 spiro atoms. The van der Waals surface area contributed by atoms with Crippen LogP contribution in [-0.4, -0.2) is 18.2 Å². The Morgan fingerprint density at radius 1 is 0.966 bits per heavy atom. The van der Waals surface area contributed by atoms with Crippen LogP contribution in [0.25, 0.3) is 11.1 Å². The normalized spacial score (nSPS) is 12.7. The van der Waals surface area contributed by atoms with Gasteiger partial charge in [0.05, 0.1) is 5.71 Å². The highest BCUT2D eigenvalue weighted by atomic mass is 19.1. The lowest BCUT2D eigenvalue weighted by Gasteiger charge is -2.11. The maximum absolute atomic E-state index is 13.8. The predicted molar refractivity (Wildman–Crippen MR) is 107 cm³/mol. The highest BCUT2D eigenvalue weighted by molar-refractivity contribution is 6.05. The van der Waals surface area contributed by atoms with E-state index >= 15 is 0 Å². The Morgan fingerprint density at radius 2 is 1.66 bits per heavy atom. The molecule has 3 aromatic carbocycles. The SMILES string of the molecule is Cc1ccc(C2=NN=NC2)cc1-c1ccc(NC(=O)c2c(F)cccc2F)cc1. The van der Waals surface area contributed by atoms with Crippen LogP contribution in [0.4, 0.5) is 14.5 Å². The molecular weight excluding hydrogens is 374 g/mol. The van der Waals surface area contributed by atoms with Crippen LogP contribution in [-0.2, 0) is 0 Å². The van der Waals surface area contributed by atoms with Crippen molar-refractivity contribution in [1.82, 2.24) is 0 Å². The molecule has 0 atom stereocenters. The van der Waals surface area contributed by atoms with Gasteiger partial charge in [-0.1, -0.05) is 30.3 Å². The number of nitrogens with zero attached hydrogens (tertiary/aromatic N) is 3. The highest BCUT2D eigenvalue weighted by Gasteiger charge is 2.17. The number of aryl methyl sites for hydroxylation is 1. The predicted octanol–water partition coefficient (Wildman–Crippen LogP) is 5.36. The fourth-order valence-corrected chi connectivity index (χ4v) is 3.12. The van der Waals surface area contributed by atoms with Gasteiger partial charge in [0, 0.05) is 11.3 Å². The second kappa shape index (κ2) is 7.71. The number of hydrogen-bond donors (Lipinski definition) is 1. The monoisotopic (exact) mass is 390 g/mol. The van der Waals surface area contributed by atoms with Crippen molar-refractivity contribution >= 4 is 17.3 Å². The zero-order valence-electron chi connectivity index (χ0n) is 15.5. The Balaban J connectivity index is 1.57. The molecule has 5 nitrogen and oxygen atoms in total. The summed E-state index contributed by atoms with van der Waals surface area (Å²) in [6.45, 7) is 2.46. The van der Waals surface area contributed by atoms with E-state index in [0.717, 1.165) is 40.1 Å². The molecule has 7 heteroatoms. The lowest BCUT2D eigenvalue weighted by atomic mass is 9.96. The van der Waals surface area contributed by atoms with Gasteiger partial charge in [-0.25, -0.2) is 8.78 Å². The van der Waals surface area contributed by atoms with Gasteiger partial charge in [0.15, 0.2) is 0 Å². The number of halogens is 2. The molecule has 1 heterocycles. The van der Waals surface area contributed by atoms with Gasteiger partial charge in [-0.15, -0.1) is 5.10 Å². The molecule has 0 fully saturated rings. The van der Waals surface area contributed by atoms with E-state index in [0.29, 0.717) is 12.2 Å². The van der Waals surface area contributed by atoms with E-state index in [9.17, 15) is 13.6 Å². The van der Waals surface area contributed by atoms with Crippen molar-refractivity contribution in [3.63, 3.8) is 0 Å². The summed E-state index contributed by atoms with van der Waals surface area (Å²) in [4.78, 5) is 12.2. The number of amides is 1. The molecule has 3 aromatic rings. The van der Waals surface area contributed by atoms with Crippen LogP contribution in [0.3, 0.4) is 0 Å². The molecule has 0 saturated heterocycles. The first-order valence-electron chi connectivity index (χ1n) is 8.93. The Labute approximate surface area is 165 Å². The number of rotatable bonds is 4. The Morgan fingerprint density at radius 3 is 2.31 bits per heavy atom. The molecular formula is C22H16F2N4O. The van der Waals surface area contributed by atoms with E-state index in [4.69, 9.17) is 0 Å². The smallest absolute Gasteiger partial charge is 0.261 e. The largest absolute Gasteiger partial charge is 0.322 e. The van der Waals surface area contributed by atoms with Crippen LogP contribution < -0.4 is 5.32 Å². The average molecular weight is 390 g/mol. The van der Waals surface area contributed by atoms with Crippen molar-refractivity contribution in [3.8, 4) is 11.1 Å². The van der Waals surface area contributed by atoms with Gasteiger partial charge in [-0.3, -0.25) is 4.79 Å². The molecule has 4 rings (SSSR count). The molecule has 0 bridgehead atoms. The van der Waals surface area contributed by atoms with Crippen molar-refractivity contribution < 1.29 is 13.6 Å². The van der Waals surface area contributed by atoms with Crippen LogP contribution in [0.5, 0.6) is 0 Å². The quantitative estimate of drug-likeness (QED) is 0.640. The molecule has 1 N–H and O–H groups in total. The Kier molecular flexibility index (Phi) is 4.95. The van der Waals surface area contributed by atoms with Gasteiger partial charge >= 0.3 is 0 Å². The summed E-state index contributed by atoms with van der Waals surface area (Å²) in [5.74, 6) is -2.64. The van der Waals surface area contributed by atoms with Crippen LogP contribution in [0.2, 0.25) is 0 Å². The van der Waals surface area contributed by atoms with Gasteiger partial charge in [-0.05, 0) is 59.2 Å². The van der Waals surface area contributed by atoms with Gasteiger partial charge < -0.3 is 5.32 Å². The molecule has 0 saturated carbocycles. The van der Waals surface area contributed by atoms with E-state index < -0.39 is 23.1 Å². The van der Waals surface area contributed by atoms with Crippen LogP contribution in [0, 0.1) is 18.6 Å². The summed E-state index contributed by atoms with van der Waals surface area (Å²) in [6.07, 6.45) is 0. The second-order valence-electron chi connectivity index (χ2n) is 6.59. The first kappa shape index (κ1) is 18.6. The van der Waals surface area contributed by atoms with E-state index in [1.54, 1.807) is 12.1 Å². The number of carbonyl (C=O) groups excluding carboxylic acids is 1. The third-order valence-corrected chi connectivity index (χ3v) is 4.66. The molecule has 0 radical (unpaired) electrons. The fraction of sp³-hybridized carbons (Fsp3) is 0.0909. The standard InChI is InChI=1S/C22H16F2N4O/c1-13-5-6-15(20-12-25-28-27-20)11-17(13)14-7-9-16(10-8-14)26-22(29)21-18(23)3-2-4-19(21)24/h2-11H,12H2,1H3,(H,26,29). The van der Waals surface area contributed by atoms with Crippen LogP contribution >= 0.6 is 0 Å². The Hall–Kier alpha value is -3.74. The molecule has 1 aliphatic rings. The molecule has 0 aromatic heterocycles. The van der Waals surface area contributed by atoms with Crippen molar-refractivity contribution in [2.24, 2.45) is 15.4 Å². The first-order chi connectivity index (χ1) is 14.0. The number of carbonyl (C=O) groups is 1. The van der Waals surface area contributed by atoms with Crippen LogP contribution in [0.1, 0.15) is 21.5 Å². The minimum absolute atomic E-state index is 0.438. The average Bonchev–Trinajstić information content (AvgIpc) is 3.24. The van der Waals surface area contributed by atoms with E-state index in [-0.39, 0.29) is 0 Å². The third-order valence-electron chi connectivity index (χ3n) is 4.66. The number of anilines is 1. The maximum atomic E-state index is 13.8. The first-order valence-corrected chi connectivity index (χ1v) is 8.93. The summed E-state index contributed by atoms with van der Waals surface area (Å²) in [6, 6.07) is 16.4. The summed E-state index contributed by atoms with van der Waals surface area (Å²) in [5, 5.41) is 14.1. The molecule has 0 aliphatic carbocycles. The molecule has 29 heavy (non-hydrogen) atoms. The molecule has 0 unspecified atom stereocenters. The van der Waals surface area contributed by atoms with Crippen molar-refractivity contribution in [1.29, 1.82) is 0 Å². The summed E-state index contributed by atoms with van der Waals surface area (Å²) in [7, 11) is 0. The van der Waals surface area contributed by atoms with Gasteiger partial charge in [0.1, 0.15) is 23.7 Å². The molecule has 144 valence electrons. The summed E-state index contributed by atoms with van der Waals surface area (Å²) in [5.41, 5.74) is 4.61. The topological polar surface area (TPSA) is 66.2 Å². The van der Waals surface area contributed by atoms with Gasteiger partial charge in [0.2, 0.25) is 0 Å². The summed E-state index contributed by atoms with van der Waals surface area (Å²) >= 11 is 0. The number of hydrogen-bond acceptors (Lipinski definition) is 4. The van der Waals surface area contributed by atoms with E-state index in [1.807, 2.05) is 37.3 Å².